The highest BCUT2D eigenvalue weighted by Gasteiger charge is 2.16. The van der Waals surface area contributed by atoms with Gasteiger partial charge in [0.25, 0.3) is 0 Å². The Bertz CT molecular complexity index is 373. The van der Waals surface area contributed by atoms with Crippen molar-refractivity contribution in [3.63, 3.8) is 0 Å². The molecule has 0 fully saturated rings. The van der Waals surface area contributed by atoms with E-state index in [0.717, 1.165) is 12.3 Å². The monoisotopic (exact) mass is 255 g/mol. The molecule has 0 aliphatic rings. The van der Waals surface area contributed by atoms with E-state index in [1.807, 2.05) is 7.05 Å². The summed E-state index contributed by atoms with van der Waals surface area (Å²) >= 11 is 0. The van der Waals surface area contributed by atoms with Crippen LogP contribution >= 0.6 is 0 Å². The van der Waals surface area contributed by atoms with E-state index in [1.165, 1.54) is 0 Å². The quantitative estimate of drug-likeness (QED) is 0.759. The Balaban J connectivity index is 2.47. The molecule has 1 aromatic rings. The third-order valence-electron chi connectivity index (χ3n) is 2.52. The third-order valence-corrected chi connectivity index (χ3v) is 2.52. The van der Waals surface area contributed by atoms with Crippen LogP contribution in [0.3, 0.4) is 0 Å². The van der Waals surface area contributed by atoms with Gasteiger partial charge in [0.15, 0.2) is 0 Å². The van der Waals surface area contributed by atoms with E-state index in [4.69, 9.17) is 15.2 Å². The van der Waals surface area contributed by atoms with Crippen molar-refractivity contribution in [1.82, 2.24) is 9.78 Å². The van der Waals surface area contributed by atoms with Gasteiger partial charge in [0.05, 0.1) is 12.3 Å². The van der Waals surface area contributed by atoms with Gasteiger partial charge in [-0.2, -0.15) is 5.10 Å². The Morgan fingerprint density at radius 3 is 2.39 bits per heavy atom. The molecule has 5 heteroatoms. The highest BCUT2D eigenvalue weighted by molar-refractivity contribution is 5.54. The first-order valence-corrected chi connectivity index (χ1v) is 6.46. The topological polar surface area (TPSA) is 62.3 Å². The molecule has 0 aliphatic heterocycles. The number of nitrogens with zero attached hydrogens (tertiary/aromatic N) is 2. The van der Waals surface area contributed by atoms with Crippen molar-refractivity contribution in [2.45, 2.75) is 33.6 Å². The van der Waals surface area contributed by atoms with Crippen LogP contribution < -0.4 is 10.5 Å². The molecule has 0 aromatic carbocycles. The summed E-state index contributed by atoms with van der Waals surface area (Å²) in [7, 11) is 1.84. The Kier molecular flexibility index (Phi) is 5.47. The lowest BCUT2D eigenvalue weighted by Gasteiger charge is -2.09. The maximum absolute atomic E-state index is 6.02. The van der Waals surface area contributed by atoms with Gasteiger partial charge in [-0.15, -0.1) is 0 Å². The maximum Gasteiger partial charge on any atom is 0.235 e. The summed E-state index contributed by atoms with van der Waals surface area (Å²) in [5.41, 5.74) is 7.54. The van der Waals surface area contributed by atoms with Crippen molar-refractivity contribution in [1.29, 1.82) is 0 Å². The van der Waals surface area contributed by atoms with Crippen molar-refractivity contribution in [2.24, 2.45) is 13.0 Å². The largest absolute Gasteiger partial charge is 0.474 e. The molecule has 2 N–H and O–H groups in total. The molecule has 5 nitrogen and oxygen atoms in total. The second-order valence-electron chi connectivity index (χ2n) is 5.20. The summed E-state index contributed by atoms with van der Waals surface area (Å²) in [6.07, 6.45) is 0. The predicted octanol–water partition coefficient (Wildman–Crippen LogP) is 2.18. The van der Waals surface area contributed by atoms with Crippen LogP contribution in [0.1, 0.15) is 39.3 Å². The number of hydrogen-bond donors (Lipinski definition) is 1. The average molecular weight is 255 g/mol. The summed E-state index contributed by atoms with van der Waals surface area (Å²) in [6, 6.07) is 0. The minimum absolute atomic E-state index is 0.297. The fraction of sp³-hybridized carbons (Fsp3) is 0.769. The van der Waals surface area contributed by atoms with Crippen molar-refractivity contribution in [2.75, 3.05) is 25.6 Å². The smallest absolute Gasteiger partial charge is 0.235 e. The Morgan fingerprint density at radius 1 is 1.22 bits per heavy atom. The lowest BCUT2D eigenvalue weighted by atomic mass is 10.1. The highest BCUT2D eigenvalue weighted by Crippen LogP contribution is 2.29. The molecule has 0 radical (unpaired) electrons. The van der Waals surface area contributed by atoms with Gasteiger partial charge < -0.3 is 15.2 Å². The van der Waals surface area contributed by atoms with Crippen LogP contribution in [0.2, 0.25) is 0 Å². The summed E-state index contributed by atoms with van der Waals surface area (Å²) in [5, 5.41) is 4.36. The van der Waals surface area contributed by atoms with Gasteiger partial charge in [0, 0.05) is 13.7 Å². The number of aryl methyl sites for hydroxylation is 1. The molecule has 0 saturated carbocycles. The van der Waals surface area contributed by atoms with Crippen LogP contribution in [-0.2, 0) is 11.8 Å². The van der Waals surface area contributed by atoms with Crippen LogP contribution in [0.15, 0.2) is 0 Å². The molecule has 0 atom stereocenters. The molecule has 104 valence electrons. The highest BCUT2D eigenvalue weighted by atomic mass is 16.5. The molecule has 0 aliphatic carbocycles. The Labute approximate surface area is 109 Å². The molecule has 1 aromatic heterocycles. The van der Waals surface area contributed by atoms with Crippen molar-refractivity contribution >= 4 is 5.69 Å². The van der Waals surface area contributed by atoms with Gasteiger partial charge in [0.1, 0.15) is 12.3 Å². The van der Waals surface area contributed by atoms with E-state index < -0.39 is 0 Å². The minimum Gasteiger partial charge on any atom is -0.474 e. The summed E-state index contributed by atoms with van der Waals surface area (Å²) in [4.78, 5) is 0. The number of hydrogen-bond acceptors (Lipinski definition) is 4. The van der Waals surface area contributed by atoms with E-state index >= 15 is 0 Å². The third kappa shape index (κ3) is 3.91. The Morgan fingerprint density at radius 2 is 1.89 bits per heavy atom. The zero-order chi connectivity index (χ0) is 13.7. The molecule has 1 heterocycles. The number of aromatic nitrogens is 2. The molecule has 1 rings (SSSR count). The fourth-order valence-electron chi connectivity index (χ4n) is 1.66. The van der Waals surface area contributed by atoms with Crippen molar-refractivity contribution in [3.05, 3.63) is 5.69 Å². The normalized spacial score (nSPS) is 11.5. The van der Waals surface area contributed by atoms with E-state index in [0.29, 0.717) is 36.6 Å². The Hall–Kier alpha value is -1.23. The van der Waals surface area contributed by atoms with E-state index in [-0.39, 0.29) is 0 Å². The second kappa shape index (κ2) is 6.64. The first-order valence-electron chi connectivity index (χ1n) is 6.46. The van der Waals surface area contributed by atoms with E-state index in [9.17, 15) is 0 Å². The number of rotatable bonds is 7. The van der Waals surface area contributed by atoms with Crippen LogP contribution in [0.5, 0.6) is 5.88 Å². The first kappa shape index (κ1) is 14.8. The van der Waals surface area contributed by atoms with Crippen molar-refractivity contribution < 1.29 is 9.47 Å². The van der Waals surface area contributed by atoms with Crippen LogP contribution in [-0.4, -0.2) is 29.6 Å². The molecule has 0 unspecified atom stereocenters. The number of ether oxygens (including phenoxy) is 2. The van der Waals surface area contributed by atoms with Gasteiger partial charge in [-0.25, -0.2) is 4.68 Å². The van der Waals surface area contributed by atoms with E-state index in [1.54, 1.807) is 4.68 Å². The molecular formula is C13H25N3O2. The summed E-state index contributed by atoms with van der Waals surface area (Å²) in [6.45, 7) is 10.2. The van der Waals surface area contributed by atoms with Gasteiger partial charge in [-0.05, 0) is 11.8 Å². The predicted molar refractivity (Wildman–Crippen MR) is 72.9 cm³/mol. The molecule has 0 amide bonds. The minimum atomic E-state index is 0.297. The fourth-order valence-corrected chi connectivity index (χ4v) is 1.66. The maximum atomic E-state index is 6.02. The lowest BCUT2D eigenvalue weighted by Crippen LogP contribution is -2.12. The number of anilines is 1. The van der Waals surface area contributed by atoms with Crippen LogP contribution in [0.4, 0.5) is 5.69 Å². The van der Waals surface area contributed by atoms with Gasteiger partial charge >= 0.3 is 0 Å². The summed E-state index contributed by atoms with van der Waals surface area (Å²) in [5.74, 6) is 1.47. The molecule has 18 heavy (non-hydrogen) atoms. The van der Waals surface area contributed by atoms with Gasteiger partial charge in [-0.1, -0.05) is 27.7 Å². The van der Waals surface area contributed by atoms with Crippen LogP contribution in [0.25, 0.3) is 0 Å². The van der Waals surface area contributed by atoms with E-state index in [2.05, 4.69) is 32.8 Å². The number of nitrogen functional groups attached to an aromatic ring is 1. The average Bonchev–Trinajstić information content (AvgIpc) is 2.55. The zero-order valence-electron chi connectivity index (χ0n) is 12.1. The first-order chi connectivity index (χ1) is 8.43. The second-order valence-corrected chi connectivity index (χ2v) is 5.20. The molecular weight excluding hydrogens is 230 g/mol. The SMILES string of the molecule is CC(C)COCCOc1c(N)c(C(C)C)nn1C. The number of nitrogens with two attached hydrogens (primary N) is 1. The molecule has 0 spiro atoms. The summed E-state index contributed by atoms with van der Waals surface area (Å²) < 4.78 is 12.8. The van der Waals surface area contributed by atoms with Crippen LogP contribution in [0, 0.1) is 5.92 Å². The lowest BCUT2D eigenvalue weighted by molar-refractivity contribution is 0.0796. The molecule has 0 saturated heterocycles. The standard InChI is InChI=1S/C13H25N3O2/c1-9(2)8-17-6-7-18-13-11(14)12(10(3)4)15-16(13)5/h9-10H,6-8,14H2,1-5H3. The zero-order valence-corrected chi connectivity index (χ0v) is 12.1. The van der Waals surface area contributed by atoms with Gasteiger partial charge in [0.2, 0.25) is 5.88 Å². The molecule has 0 bridgehead atoms. The van der Waals surface area contributed by atoms with Gasteiger partial charge in [-0.3, -0.25) is 0 Å². The van der Waals surface area contributed by atoms with Crippen molar-refractivity contribution in [3.8, 4) is 5.88 Å².